The SMILES string of the molecule is COc1cc(NC(=O)C2CCN(C(=O)Nc3ccccc3)CC2)c(C(=O)N2CCCCC2)cc1OC. The van der Waals surface area contributed by atoms with E-state index < -0.39 is 0 Å². The molecule has 0 atom stereocenters. The van der Waals surface area contributed by atoms with E-state index in [1.54, 1.807) is 17.0 Å². The lowest BCUT2D eigenvalue weighted by molar-refractivity contribution is -0.121. The maximum absolute atomic E-state index is 13.3. The summed E-state index contributed by atoms with van der Waals surface area (Å²) in [6.07, 6.45) is 4.13. The van der Waals surface area contributed by atoms with Gasteiger partial charge in [-0.3, -0.25) is 9.59 Å². The Kier molecular flexibility index (Phi) is 8.30. The Hall–Kier alpha value is -3.75. The molecule has 2 fully saturated rings. The summed E-state index contributed by atoms with van der Waals surface area (Å²) < 4.78 is 10.8. The van der Waals surface area contributed by atoms with E-state index in [1.165, 1.54) is 14.2 Å². The zero-order valence-corrected chi connectivity index (χ0v) is 20.9. The van der Waals surface area contributed by atoms with Gasteiger partial charge in [-0.25, -0.2) is 4.79 Å². The highest BCUT2D eigenvalue weighted by molar-refractivity contribution is 6.05. The molecule has 2 aromatic carbocycles. The fourth-order valence-electron chi connectivity index (χ4n) is 4.73. The number of urea groups is 1. The molecule has 4 rings (SSSR count). The number of ether oxygens (including phenoxy) is 2. The number of nitrogens with one attached hydrogen (secondary N) is 2. The Balaban J connectivity index is 1.43. The molecule has 2 aliphatic heterocycles. The highest BCUT2D eigenvalue weighted by Gasteiger charge is 2.30. The lowest BCUT2D eigenvalue weighted by Crippen LogP contribution is -2.43. The van der Waals surface area contributed by atoms with Gasteiger partial charge in [0, 0.05) is 43.9 Å². The third kappa shape index (κ3) is 5.90. The second kappa shape index (κ2) is 11.8. The first-order valence-corrected chi connectivity index (χ1v) is 12.5. The number of carbonyl (C=O) groups is 3. The van der Waals surface area contributed by atoms with E-state index >= 15 is 0 Å². The molecule has 4 amide bonds. The van der Waals surface area contributed by atoms with Crippen molar-refractivity contribution in [2.45, 2.75) is 32.1 Å². The van der Waals surface area contributed by atoms with Crippen LogP contribution in [0.1, 0.15) is 42.5 Å². The third-order valence-corrected chi connectivity index (χ3v) is 6.83. The number of nitrogens with zero attached hydrogens (tertiary/aromatic N) is 2. The van der Waals surface area contributed by atoms with Gasteiger partial charge < -0.3 is 29.9 Å². The number of hydrogen-bond donors (Lipinski definition) is 2. The van der Waals surface area contributed by atoms with Gasteiger partial charge in [0.2, 0.25) is 5.91 Å². The summed E-state index contributed by atoms with van der Waals surface area (Å²) in [6, 6.07) is 12.4. The summed E-state index contributed by atoms with van der Waals surface area (Å²) in [4.78, 5) is 42.7. The Bertz CT molecular complexity index is 1080. The van der Waals surface area contributed by atoms with Crippen LogP contribution in [0.2, 0.25) is 0 Å². The molecule has 2 aliphatic rings. The number of amides is 4. The number of hydrogen-bond acceptors (Lipinski definition) is 5. The largest absolute Gasteiger partial charge is 0.493 e. The minimum Gasteiger partial charge on any atom is -0.493 e. The first-order valence-electron chi connectivity index (χ1n) is 12.5. The number of carbonyl (C=O) groups excluding carboxylic acids is 3. The zero-order chi connectivity index (χ0) is 25.5. The van der Waals surface area contributed by atoms with Crippen molar-refractivity contribution in [1.29, 1.82) is 0 Å². The summed E-state index contributed by atoms with van der Waals surface area (Å²) in [5.74, 6) is 0.317. The quantitative estimate of drug-likeness (QED) is 0.627. The van der Waals surface area contributed by atoms with Crippen molar-refractivity contribution in [3.63, 3.8) is 0 Å². The summed E-state index contributed by atoms with van der Waals surface area (Å²) in [5, 5.41) is 5.86. The molecule has 0 unspecified atom stereocenters. The molecular weight excluding hydrogens is 460 g/mol. The zero-order valence-electron chi connectivity index (χ0n) is 20.9. The van der Waals surface area contributed by atoms with E-state index in [9.17, 15) is 14.4 Å². The number of rotatable bonds is 6. The van der Waals surface area contributed by atoms with Crippen molar-refractivity contribution < 1.29 is 23.9 Å². The summed E-state index contributed by atoms with van der Waals surface area (Å²) >= 11 is 0. The molecule has 2 saturated heterocycles. The van der Waals surface area contributed by atoms with Gasteiger partial charge in [0.25, 0.3) is 5.91 Å². The molecule has 36 heavy (non-hydrogen) atoms. The summed E-state index contributed by atoms with van der Waals surface area (Å²) in [6.45, 7) is 2.35. The minimum atomic E-state index is -0.267. The predicted octanol–water partition coefficient (Wildman–Crippen LogP) is 4.21. The van der Waals surface area contributed by atoms with Gasteiger partial charge in [-0.2, -0.15) is 0 Å². The first-order chi connectivity index (χ1) is 17.5. The average Bonchev–Trinajstić information content (AvgIpc) is 2.93. The monoisotopic (exact) mass is 494 g/mol. The standard InChI is InChI=1S/C27H34N4O5/c1-35-23-17-21(26(33)30-13-7-4-8-14-30)22(18-24(23)36-2)29-25(32)19-11-15-31(16-12-19)27(34)28-20-9-5-3-6-10-20/h3,5-6,9-10,17-19H,4,7-8,11-16H2,1-2H3,(H,28,34)(H,29,32). The molecule has 2 N–H and O–H groups in total. The Labute approximate surface area is 211 Å². The topological polar surface area (TPSA) is 100 Å². The van der Waals surface area contributed by atoms with Crippen LogP contribution in [-0.2, 0) is 4.79 Å². The molecule has 2 heterocycles. The van der Waals surface area contributed by atoms with Crippen molar-refractivity contribution in [2.24, 2.45) is 5.92 Å². The lowest BCUT2D eigenvalue weighted by Gasteiger charge is -2.32. The highest BCUT2D eigenvalue weighted by Crippen LogP contribution is 2.35. The smallest absolute Gasteiger partial charge is 0.321 e. The van der Waals surface area contributed by atoms with Crippen molar-refractivity contribution in [2.75, 3.05) is 51.0 Å². The second-order valence-corrected chi connectivity index (χ2v) is 9.15. The number of anilines is 2. The van der Waals surface area contributed by atoms with Crippen molar-refractivity contribution in [3.05, 3.63) is 48.0 Å². The van der Waals surface area contributed by atoms with Crippen LogP contribution in [0.15, 0.2) is 42.5 Å². The van der Waals surface area contributed by atoms with E-state index in [0.717, 1.165) is 24.9 Å². The minimum absolute atomic E-state index is 0.127. The van der Waals surface area contributed by atoms with Crippen molar-refractivity contribution in [1.82, 2.24) is 9.80 Å². The maximum Gasteiger partial charge on any atom is 0.321 e. The van der Waals surface area contributed by atoms with E-state index in [-0.39, 0.29) is 23.8 Å². The van der Waals surface area contributed by atoms with Crippen LogP contribution in [0.4, 0.5) is 16.2 Å². The van der Waals surface area contributed by atoms with Gasteiger partial charge in [-0.1, -0.05) is 18.2 Å². The van der Waals surface area contributed by atoms with Crippen LogP contribution in [0.25, 0.3) is 0 Å². The Morgan fingerprint density at radius 3 is 2.08 bits per heavy atom. The van der Waals surface area contributed by atoms with Crippen LogP contribution >= 0.6 is 0 Å². The van der Waals surface area contributed by atoms with Crippen LogP contribution in [-0.4, -0.2) is 68.0 Å². The van der Waals surface area contributed by atoms with E-state index in [4.69, 9.17) is 9.47 Å². The Morgan fingerprint density at radius 1 is 0.806 bits per heavy atom. The molecule has 0 saturated carbocycles. The lowest BCUT2D eigenvalue weighted by atomic mass is 9.95. The van der Waals surface area contributed by atoms with Crippen molar-refractivity contribution >= 4 is 29.2 Å². The molecule has 9 heteroatoms. The molecule has 0 spiro atoms. The van der Waals surface area contributed by atoms with Gasteiger partial charge in [0.1, 0.15) is 0 Å². The summed E-state index contributed by atoms with van der Waals surface area (Å²) in [5.41, 5.74) is 1.54. The fraction of sp³-hybridized carbons (Fsp3) is 0.444. The van der Waals surface area contributed by atoms with Gasteiger partial charge in [0.15, 0.2) is 11.5 Å². The van der Waals surface area contributed by atoms with Gasteiger partial charge in [0.05, 0.1) is 25.5 Å². The van der Waals surface area contributed by atoms with Gasteiger partial charge in [-0.15, -0.1) is 0 Å². The van der Waals surface area contributed by atoms with Crippen LogP contribution in [0.3, 0.4) is 0 Å². The molecule has 0 aliphatic carbocycles. The fourth-order valence-corrected chi connectivity index (χ4v) is 4.73. The van der Waals surface area contributed by atoms with Crippen molar-refractivity contribution in [3.8, 4) is 11.5 Å². The number of para-hydroxylation sites is 1. The van der Waals surface area contributed by atoms with E-state index in [2.05, 4.69) is 10.6 Å². The highest BCUT2D eigenvalue weighted by atomic mass is 16.5. The molecule has 2 aromatic rings. The normalized spacial score (nSPS) is 16.3. The number of methoxy groups -OCH3 is 2. The number of benzene rings is 2. The molecule has 0 aromatic heterocycles. The predicted molar refractivity (Wildman–Crippen MR) is 138 cm³/mol. The van der Waals surface area contributed by atoms with Gasteiger partial charge >= 0.3 is 6.03 Å². The molecule has 9 nitrogen and oxygen atoms in total. The first kappa shape index (κ1) is 25.3. The third-order valence-electron chi connectivity index (χ3n) is 6.83. The molecular formula is C27H34N4O5. The van der Waals surface area contributed by atoms with Gasteiger partial charge in [-0.05, 0) is 50.3 Å². The van der Waals surface area contributed by atoms with E-state index in [1.807, 2.05) is 35.2 Å². The number of piperidine rings is 2. The second-order valence-electron chi connectivity index (χ2n) is 9.15. The average molecular weight is 495 g/mol. The van der Waals surface area contributed by atoms with Crippen LogP contribution in [0, 0.1) is 5.92 Å². The van der Waals surface area contributed by atoms with Crippen LogP contribution < -0.4 is 20.1 Å². The molecule has 0 radical (unpaired) electrons. The number of likely N-dealkylation sites (tertiary alicyclic amines) is 2. The van der Waals surface area contributed by atoms with Crippen LogP contribution in [0.5, 0.6) is 11.5 Å². The Morgan fingerprint density at radius 2 is 1.44 bits per heavy atom. The maximum atomic E-state index is 13.3. The van der Waals surface area contributed by atoms with E-state index in [0.29, 0.717) is 61.8 Å². The molecule has 0 bridgehead atoms. The summed E-state index contributed by atoms with van der Waals surface area (Å²) in [7, 11) is 3.04. The molecule has 192 valence electrons.